The molecular formula is C25H30N2O7S. The zero-order chi connectivity index (χ0) is 26.0. The first-order valence-electron chi connectivity index (χ1n) is 11.2. The zero-order valence-corrected chi connectivity index (χ0v) is 20.3. The van der Waals surface area contributed by atoms with Gasteiger partial charge in [-0.05, 0) is 54.3 Å². The smallest absolute Gasteiger partial charge is 0.303 e. The highest BCUT2D eigenvalue weighted by molar-refractivity contribution is 7.13. The van der Waals surface area contributed by atoms with Crippen molar-refractivity contribution in [2.24, 2.45) is 11.7 Å². The molecule has 2 atom stereocenters. The predicted molar refractivity (Wildman–Crippen MR) is 131 cm³/mol. The summed E-state index contributed by atoms with van der Waals surface area (Å²) in [6.45, 7) is 2.05. The highest BCUT2D eigenvalue weighted by Gasteiger charge is 2.27. The molecule has 10 heteroatoms. The van der Waals surface area contributed by atoms with Crippen molar-refractivity contribution in [3.05, 3.63) is 46.8 Å². The molecule has 0 saturated carbocycles. The van der Waals surface area contributed by atoms with Crippen LogP contribution in [0.5, 0.6) is 0 Å². The molecule has 0 aliphatic heterocycles. The zero-order valence-electron chi connectivity index (χ0n) is 19.5. The van der Waals surface area contributed by atoms with Crippen molar-refractivity contribution < 1.29 is 34.2 Å². The molecule has 2 aromatic rings. The standard InChI is InChI=1S/C25H30N2O7S/c1-15-12-13-35-24(15)17-5-2-16(3-6-17)4-9-21(29)27-19(8-11-23(32)33)20(28)14-18(25(26)34)7-10-22(30)31/h2-3,5-6,12-13,18-19H,4,7-11,14H2,1H3,(H2,26,34)(H,27,29)(H,30,31)(H,32,33)/t18-,19+/m1/s1. The van der Waals surface area contributed by atoms with Gasteiger partial charge in [0.2, 0.25) is 11.8 Å². The van der Waals surface area contributed by atoms with E-state index >= 15 is 0 Å². The van der Waals surface area contributed by atoms with E-state index in [0.29, 0.717) is 6.42 Å². The topological polar surface area (TPSA) is 164 Å². The Morgan fingerprint density at radius 1 is 0.943 bits per heavy atom. The molecule has 0 unspecified atom stereocenters. The third-order valence-corrected chi connectivity index (χ3v) is 6.71. The van der Waals surface area contributed by atoms with E-state index in [1.807, 2.05) is 36.6 Å². The molecule has 2 amide bonds. The van der Waals surface area contributed by atoms with Gasteiger partial charge in [0.25, 0.3) is 0 Å². The average Bonchev–Trinajstić information content (AvgIpc) is 3.23. The number of primary amides is 1. The van der Waals surface area contributed by atoms with Gasteiger partial charge in [-0.25, -0.2) is 0 Å². The molecule has 2 rings (SSSR count). The summed E-state index contributed by atoms with van der Waals surface area (Å²) in [5.74, 6) is -5.05. The van der Waals surface area contributed by atoms with Crippen molar-refractivity contribution in [2.45, 2.75) is 57.9 Å². The number of nitrogens with two attached hydrogens (primary N) is 1. The molecule has 0 aliphatic carbocycles. The van der Waals surface area contributed by atoms with E-state index in [-0.39, 0.29) is 38.5 Å². The van der Waals surface area contributed by atoms with Gasteiger partial charge in [0.15, 0.2) is 5.78 Å². The van der Waals surface area contributed by atoms with Gasteiger partial charge >= 0.3 is 11.9 Å². The van der Waals surface area contributed by atoms with Gasteiger partial charge in [0, 0.05) is 36.5 Å². The van der Waals surface area contributed by atoms with Gasteiger partial charge < -0.3 is 21.3 Å². The van der Waals surface area contributed by atoms with Crippen molar-refractivity contribution in [1.82, 2.24) is 5.32 Å². The Morgan fingerprint density at radius 3 is 2.11 bits per heavy atom. The minimum atomic E-state index is -1.13. The summed E-state index contributed by atoms with van der Waals surface area (Å²) in [6, 6.07) is 8.81. The molecule has 9 nitrogen and oxygen atoms in total. The van der Waals surface area contributed by atoms with Crippen LogP contribution in [0, 0.1) is 12.8 Å². The molecule has 5 N–H and O–H groups in total. The molecule has 1 aromatic heterocycles. The second kappa shape index (κ2) is 13.4. The third-order valence-electron chi connectivity index (χ3n) is 5.65. The van der Waals surface area contributed by atoms with Crippen LogP contribution in [-0.4, -0.2) is 45.8 Å². The SMILES string of the molecule is Cc1ccsc1-c1ccc(CCC(=O)N[C@@H](CCC(=O)O)C(=O)C[C@@H](CCC(=O)O)C(N)=O)cc1. The maximum absolute atomic E-state index is 12.7. The number of hydrogen-bond acceptors (Lipinski definition) is 6. The molecule has 0 aliphatic rings. The molecule has 0 radical (unpaired) electrons. The second-order valence-electron chi connectivity index (χ2n) is 8.38. The summed E-state index contributed by atoms with van der Waals surface area (Å²) in [5.41, 5.74) is 8.52. The molecule has 0 fully saturated rings. The van der Waals surface area contributed by atoms with Crippen LogP contribution in [-0.2, 0) is 30.4 Å². The number of carbonyl (C=O) groups excluding carboxylic acids is 3. The van der Waals surface area contributed by atoms with Crippen LogP contribution in [0.1, 0.15) is 49.7 Å². The monoisotopic (exact) mass is 502 g/mol. The minimum absolute atomic E-state index is 0.0898. The van der Waals surface area contributed by atoms with Gasteiger partial charge in [0.05, 0.1) is 6.04 Å². The summed E-state index contributed by atoms with van der Waals surface area (Å²) in [4.78, 5) is 59.9. The first kappa shape index (κ1) is 27.7. The molecule has 1 heterocycles. The number of benzene rings is 1. The lowest BCUT2D eigenvalue weighted by Crippen LogP contribution is -2.43. The summed E-state index contributed by atoms with van der Waals surface area (Å²) >= 11 is 1.66. The molecule has 1 aromatic carbocycles. The Labute approximate surface area is 207 Å². The summed E-state index contributed by atoms with van der Waals surface area (Å²) in [6.07, 6.45) is -0.786. The number of nitrogens with one attached hydrogen (secondary N) is 1. The van der Waals surface area contributed by atoms with E-state index in [0.717, 1.165) is 11.1 Å². The Bertz CT molecular complexity index is 1060. The van der Waals surface area contributed by atoms with Crippen molar-refractivity contribution in [1.29, 1.82) is 0 Å². The number of rotatable bonds is 15. The normalized spacial score (nSPS) is 12.5. The molecule has 0 saturated heterocycles. The summed E-state index contributed by atoms with van der Waals surface area (Å²) in [7, 11) is 0. The first-order valence-corrected chi connectivity index (χ1v) is 12.1. The fraction of sp³-hybridized carbons (Fsp3) is 0.400. The van der Waals surface area contributed by atoms with Gasteiger partial charge in [-0.15, -0.1) is 11.3 Å². The minimum Gasteiger partial charge on any atom is -0.481 e. The quantitative estimate of drug-likeness (QED) is 0.291. The Kier molecular flexibility index (Phi) is 10.6. The van der Waals surface area contributed by atoms with Gasteiger partial charge in [0.1, 0.15) is 0 Å². The van der Waals surface area contributed by atoms with Crippen molar-refractivity contribution in [3.63, 3.8) is 0 Å². The van der Waals surface area contributed by atoms with E-state index < -0.39 is 41.5 Å². The molecule has 0 bridgehead atoms. The van der Waals surface area contributed by atoms with E-state index in [1.54, 1.807) is 11.3 Å². The average molecular weight is 503 g/mol. The largest absolute Gasteiger partial charge is 0.481 e. The Morgan fingerprint density at radius 2 is 1.57 bits per heavy atom. The van der Waals surface area contributed by atoms with Crippen LogP contribution in [0.25, 0.3) is 10.4 Å². The second-order valence-corrected chi connectivity index (χ2v) is 9.30. The van der Waals surface area contributed by atoms with Crippen LogP contribution >= 0.6 is 11.3 Å². The van der Waals surface area contributed by atoms with Crippen LogP contribution in [0.15, 0.2) is 35.7 Å². The third kappa shape index (κ3) is 9.32. The lowest BCUT2D eigenvalue weighted by molar-refractivity contribution is -0.139. The maximum Gasteiger partial charge on any atom is 0.303 e. The van der Waals surface area contributed by atoms with E-state index in [1.165, 1.54) is 10.4 Å². The number of aryl methyl sites for hydroxylation is 2. The van der Waals surface area contributed by atoms with Gasteiger partial charge in [-0.1, -0.05) is 24.3 Å². The maximum atomic E-state index is 12.7. The lowest BCUT2D eigenvalue weighted by Gasteiger charge is -2.19. The highest BCUT2D eigenvalue weighted by Crippen LogP contribution is 2.29. The number of ketones is 1. The number of thiophene rings is 1. The lowest BCUT2D eigenvalue weighted by atomic mass is 9.92. The van der Waals surface area contributed by atoms with Crippen LogP contribution < -0.4 is 11.1 Å². The van der Waals surface area contributed by atoms with E-state index in [2.05, 4.69) is 11.4 Å². The number of carbonyl (C=O) groups is 5. The van der Waals surface area contributed by atoms with Crippen LogP contribution in [0.2, 0.25) is 0 Å². The molecule has 188 valence electrons. The highest BCUT2D eigenvalue weighted by atomic mass is 32.1. The summed E-state index contributed by atoms with van der Waals surface area (Å²) < 4.78 is 0. The van der Waals surface area contributed by atoms with E-state index in [4.69, 9.17) is 15.9 Å². The number of carboxylic acid groups (broad SMARTS) is 2. The van der Waals surface area contributed by atoms with Gasteiger partial charge in [-0.2, -0.15) is 0 Å². The number of hydrogen-bond donors (Lipinski definition) is 4. The predicted octanol–water partition coefficient (Wildman–Crippen LogP) is 2.93. The van der Waals surface area contributed by atoms with Crippen molar-refractivity contribution >= 4 is 40.9 Å². The number of amides is 2. The molecule has 35 heavy (non-hydrogen) atoms. The summed E-state index contributed by atoms with van der Waals surface area (Å²) in [5, 5.41) is 22.4. The fourth-order valence-corrected chi connectivity index (χ4v) is 4.56. The molecular weight excluding hydrogens is 472 g/mol. The fourth-order valence-electron chi connectivity index (χ4n) is 3.62. The van der Waals surface area contributed by atoms with Crippen LogP contribution in [0.3, 0.4) is 0 Å². The Hall–Kier alpha value is -3.53. The van der Waals surface area contributed by atoms with E-state index in [9.17, 15) is 24.0 Å². The number of carboxylic acids is 2. The number of Topliss-reactive ketones (excluding diaryl/α,β-unsaturated/α-hetero) is 1. The number of aliphatic carboxylic acids is 2. The van der Waals surface area contributed by atoms with Crippen LogP contribution in [0.4, 0.5) is 0 Å². The van der Waals surface area contributed by atoms with Crippen molar-refractivity contribution in [2.75, 3.05) is 0 Å². The van der Waals surface area contributed by atoms with Gasteiger partial charge in [-0.3, -0.25) is 24.0 Å². The first-order chi connectivity index (χ1) is 16.6. The molecule has 0 spiro atoms. The Balaban J connectivity index is 1.97. The van der Waals surface area contributed by atoms with Crippen molar-refractivity contribution in [3.8, 4) is 10.4 Å².